The van der Waals surface area contributed by atoms with Crippen LogP contribution in [-0.4, -0.2) is 87.0 Å². The Kier molecular flexibility index (Phi) is 6.52. The summed E-state index contributed by atoms with van der Waals surface area (Å²) in [5.74, 6) is -14.5. The second-order valence-electron chi connectivity index (χ2n) is 10.8. The van der Waals surface area contributed by atoms with Crippen LogP contribution in [0.1, 0.15) is 31.8 Å². The molecule has 2 saturated carbocycles. The molecule has 12 heteroatoms. The quantitative estimate of drug-likeness (QED) is 0.285. The summed E-state index contributed by atoms with van der Waals surface area (Å²) in [5.41, 5.74) is 8.26. The van der Waals surface area contributed by atoms with Crippen molar-refractivity contribution in [2.24, 2.45) is 35.1 Å². The Morgan fingerprint density at radius 1 is 1.00 bits per heavy atom. The lowest BCUT2D eigenvalue weighted by molar-refractivity contribution is -0.192. The number of amides is 2. The van der Waals surface area contributed by atoms with E-state index in [1.807, 2.05) is 0 Å². The lowest BCUT2D eigenvalue weighted by atomic mass is 9.50. The van der Waals surface area contributed by atoms with Crippen molar-refractivity contribution in [3.8, 4) is 5.75 Å². The maximum absolute atomic E-state index is 14.1. The Morgan fingerprint density at radius 3 is 2.27 bits per heavy atom. The van der Waals surface area contributed by atoms with Crippen molar-refractivity contribution in [2.75, 3.05) is 14.1 Å². The van der Waals surface area contributed by atoms with E-state index >= 15 is 0 Å². The van der Waals surface area contributed by atoms with Gasteiger partial charge in [-0.3, -0.25) is 33.7 Å². The molecule has 2 aromatic rings. The first kappa shape index (κ1) is 28.0. The zero-order chi connectivity index (χ0) is 30.1. The zero-order valence-electron chi connectivity index (χ0n) is 22.0. The minimum Gasteiger partial charge on any atom is -0.507 e. The summed E-state index contributed by atoms with van der Waals surface area (Å²) < 4.78 is 0. The Hall–Kier alpha value is -4.52. The molecule has 212 valence electrons. The molecule has 0 saturated heterocycles. The summed E-state index contributed by atoms with van der Waals surface area (Å²) in [4.78, 5) is 80.0. The van der Waals surface area contributed by atoms with Crippen LogP contribution in [0, 0.1) is 23.7 Å². The van der Waals surface area contributed by atoms with Crippen LogP contribution in [0.15, 0.2) is 42.5 Å². The number of hydrogen-bond donors (Lipinski definition) is 5. The number of phenolic OH excluding ortho intramolecular Hbond substituents is 1. The van der Waals surface area contributed by atoms with Gasteiger partial charge in [0.25, 0.3) is 0 Å². The maximum Gasteiger partial charge on any atom is 0.248 e. The summed E-state index contributed by atoms with van der Waals surface area (Å²) in [6.45, 7) is 0. The summed E-state index contributed by atoms with van der Waals surface area (Å²) in [5, 5.41) is 34.3. The Labute approximate surface area is 233 Å². The van der Waals surface area contributed by atoms with Gasteiger partial charge in [-0.15, -0.1) is 0 Å². The van der Waals surface area contributed by atoms with Crippen molar-refractivity contribution < 1.29 is 44.1 Å². The lowest BCUT2D eigenvalue weighted by Gasteiger charge is -2.55. The SMILES string of the molecule is CN(C)[C@H]1C(=O)C(C(N)=O)C(=O)[C@]2(O)C(=O)C3C(=O)c4c(O)cccc4C(=Cc4cccc(C(N)=O)c4)[C@@H]3[C@@H](O)[C@H]12. The molecule has 2 amide bonds. The van der Waals surface area contributed by atoms with Crippen LogP contribution >= 0.6 is 0 Å². The average molecular weight is 562 g/mol. The van der Waals surface area contributed by atoms with Gasteiger partial charge in [-0.05, 0) is 49.0 Å². The highest BCUT2D eigenvalue weighted by Crippen LogP contribution is 2.54. The highest BCUT2D eigenvalue weighted by Gasteiger charge is 2.72. The van der Waals surface area contributed by atoms with Gasteiger partial charge < -0.3 is 26.8 Å². The minimum absolute atomic E-state index is 0.155. The number of aliphatic hydroxyl groups excluding tert-OH is 1. The van der Waals surface area contributed by atoms with E-state index in [1.54, 1.807) is 12.1 Å². The van der Waals surface area contributed by atoms with Crippen LogP contribution in [0.3, 0.4) is 0 Å². The number of benzene rings is 2. The smallest absolute Gasteiger partial charge is 0.248 e. The number of nitrogens with zero attached hydrogens (tertiary/aromatic N) is 1. The Morgan fingerprint density at radius 2 is 1.66 bits per heavy atom. The van der Waals surface area contributed by atoms with E-state index in [9.17, 15) is 44.1 Å². The number of phenols is 1. The number of Topliss-reactive ketones (excluding diaryl/α,β-unsaturated/α-hetero) is 4. The number of rotatable bonds is 4. The van der Waals surface area contributed by atoms with Crippen molar-refractivity contribution in [3.63, 3.8) is 0 Å². The molecule has 0 spiro atoms. The van der Waals surface area contributed by atoms with E-state index in [-0.39, 0.29) is 22.3 Å². The van der Waals surface area contributed by atoms with E-state index in [0.29, 0.717) is 5.56 Å². The zero-order valence-corrected chi connectivity index (χ0v) is 22.0. The fraction of sp³-hybridized carbons (Fsp3) is 0.310. The molecule has 12 nitrogen and oxygen atoms in total. The molecular formula is C29H27N3O9. The normalized spacial score (nSPS) is 32.0. The number of fused-ring (bicyclic) bond motifs is 3. The van der Waals surface area contributed by atoms with E-state index < -0.39 is 82.1 Å². The number of carbonyl (C=O) groups is 6. The second kappa shape index (κ2) is 9.54. The number of aliphatic hydroxyl groups is 2. The summed E-state index contributed by atoms with van der Waals surface area (Å²) in [6, 6.07) is 8.75. The summed E-state index contributed by atoms with van der Waals surface area (Å²) in [6.07, 6.45) is -0.346. The second-order valence-corrected chi connectivity index (χ2v) is 10.8. The summed E-state index contributed by atoms with van der Waals surface area (Å²) in [7, 11) is 2.82. The van der Waals surface area contributed by atoms with Gasteiger partial charge in [0, 0.05) is 11.5 Å². The minimum atomic E-state index is -3.11. The largest absolute Gasteiger partial charge is 0.507 e. The molecule has 0 aliphatic heterocycles. The van der Waals surface area contributed by atoms with Gasteiger partial charge in [-0.25, -0.2) is 0 Å². The number of nitrogens with two attached hydrogens (primary N) is 2. The van der Waals surface area contributed by atoms with Crippen molar-refractivity contribution in [3.05, 3.63) is 64.7 Å². The molecule has 0 radical (unpaired) electrons. The van der Waals surface area contributed by atoms with E-state index in [1.165, 1.54) is 55.4 Å². The first-order valence-corrected chi connectivity index (χ1v) is 12.7. The molecule has 0 heterocycles. The van der Waals surface area contributed by atoms with Gasteiger partial charge in [0.05, 0.1) is 29.5 Å². The number of primary amides is 2. The molecule has 2 unspecified atom stereocenters. The number of hydrogen-bond acceptors (Lipinski definition) is 10. The molecule has 2 aromatic carbocycles. The molecule has 3 aliphatic carbocycles. The molecule has 41 heavy (non-hydrogen) atoms. The Bertz CT molecular complexity index is 1600. The van der Waals surface area contributed by atoms with Crippen LogP contribution < -0.4 is 11.5 Å². The van der Waals surface area contributed by atoms with Gasteiger partial charge in [0.1, 0.15) is 5.75 Å². The van der Waals surface area contributed by atoms with Crippen LogP contribution in [0.4, 0.5) is 0 Å². The fourth-order valence-electron chi connectivity index (χ4n) is 6.63. The standard InChI is InChI=1S/C29H27N3O9/c1-32(2)21-20-23(35)17-14(10-11-5-3-6-12(9-11)27(30)39)13-7-4-8-15(33)16(13)22(34)18(17)25(37)29(20,41)26(38)19(24(21)36)28(31)40/h3-10,17-21,23,33,35,41H,1-2H3,(H2,30,39)(H2,31,40)/t17-,18?,19?,20-,21+,23+,29+/m0/s1. The fourth-order valence-corrected chi connectivity index (χ4v) is 6.63. The molecular weight excluding hydrogens is 534 g/mol. The van der Waals surface area contributed by atoms with Crippen molar-refractivity contribution >= 4 is 46.6 Å². The predicted molar refractivity (Wildman–Crippen MR) is 142 cm³/mol. The number of likely N-dealkylation sites (N-methyl/N-ethyl adjacent to an activating group) is 1. The molecule has 7 N–H and O–H groups in total. The van der Waals surface area contributed by atoms with Crippen LogP contribution in [0.2, 0.25) is 0 Å². The molecule has 3 aliphatic rings. The third-order valence-electron chi connectivity index (χ3n) is 8.37. The lowest BCUT2D eigenvalue weighted by Crippen LogP contribution is -2.77. The van der Waals surface area contributed by atoms with Crippen LogP contribution in [0.25, 0.3) is 11.6 Å². The molecule has 2 fully saturated rings. The van der Waals surface area contributed by atoms with Gasteiger partial charge in [0.2, 0.25) is 11.8 Å². The number of ketones is 4. The Balaban J connectivity index is 1.80. The predicted octanol–water partition coefficient (Wildman–Crippen LogP) is -1.07. The van der Waals surface area contributed by atoms with Gasteiger partial charge in [0.15, 0.2) is 34.7 Å². The third kappa shape index (κ3) is 3.86. The van der Waals surface area contributed by atoms with E-state index in [2.05, 4.69) is 0 Å². The molecule has 5 rings (SSSR count). The maximum atomic E-state index is 14.1. The highest BCUT2D eigenvalue weighted by atomic mass is 16.3. The number of aromatic hydroxyl groups is 1. The van der Waals surface area contributed by atoms with E-state index in [0.717, 1.165) is 0 Å². The van der Waals surface area contributed by atoms with Crippen molar-refractivity contribution in [1.82, 2.24) is 4.90 Å². The van der Waals surface area contributed by atoms with Crippen LogP contribution in [0.5, 0.6) is 5.75 Å². The first-order valence-electron chi connectivity index (χ1n) is 12.7. The van der Waals surface area contributed by atoms with Crippen LogP contribution in [-0.2, 0) is 19.2 Å². The summed E-state index contributed by atoms with van der Waals surface area (Å²) >= 11 is 0. The third-order valence-corrected chi connectivity index (χ3v) is 8.37. The van der Waals surface area contributed by atoms with Crippen molar-refractivity contribution in [1.29, 1.82) is 0 Å². The average Bonchev–Trinajstić information content (AvgIpc) is 2.90. The van der Waals surface area contributed by atoms with Gasteiger partial charge >= 0.3 is 0 Å². The van der Waals surface area contributed by atoms with Crippen molar-refractivity contribution in [2.45, 2.75) is 17.7 Å². The first-order chi connectivity index (χ1) is 19.2. The van der Waals surface area contributed by atoms with Gasteiger partial charge in [-0.2, -0.15) is 0 Å². The monoisotopic (exact) mass is 561 g/mol. The topological polar surface area (TPSA) is 218 Å². The van der Waals surface area contributed by atoms with E-state index in [4.69, 9.17) is 11.5 Å². The van der Waals surface area contributed by atoms with Gasteiger partial charge in [-0.1, -0.05) is 30.3 Å². The highest BCUT2D eigenvalue weighted by molar-refractivity contribution is 6.33. The number of carbonyl (C=O) groups excluding carboxylic acids is 6. The molecule has 0 bridgehead atoms. The molecule has 0 aromatic heterocycles. The molecule has 7 atom stereocenters.